The average molecular weight is 539 g/mol. The molecule has 2 fully saturated rings. The molecule has 2 amide bonds. The van der Waals surface area contributed by atoms with E-state index in [1.807, 2.05) is 25.1 Å². The van der Waals surface area contributed by atoms with Gasteiger partial charge in [-0.15, -0.1) is 0 Å². The summed E-state index contributed by atoms with van der Waals surface area (Å²) in [5, 5.41) is 15.3. The lowest BCUT2D eigenvalue weighted by Crippen LogP contribution is -2.52. The molecule has 3 N–H and O–H groups in total. The van der Waals surface area contributed by atoms with Crippen LogP contribution in [0.2, 0.25) is 10.0 Å². The predicted octanol–water partition coefficient (Wildman–Crippen LogP) is 4.51. The van der Waals surface area contributed by atoms with Crippen molar-refractivity contribution in [2.45, 2.75) is 31.4 Å². The second-order valence-corrected chi connectivity index (χ2v) is 10.2. The summed E-state index contributed by atoms with van der Waals surface area (Å²) in [5.74, 6) is 1.32. The Bertz CT molecular complexity index is 1450. The Kier molecular flexibility index (Phi) is 6.00. The molecule has 2 aliphatic rings. The number of rotatable bonds is 5. The van der Waals surface area contributed by atoms with Gasteiger partial charge in [-0.25, -0.2) is 14.8 Å². The van der Waals surface area contributed by atoms with Crippen LogP contribution in [0.15, 0.2) is 43.0 Å². The predicted molar refractivity (Wildman–Crippen MR) is 141 cm³/mol. The van der Waals surface area contributed by atoms with Crippen molar-refractivity contribution in [2.24, 2.45) is 0 Å². The third-order valence-corrected chi connectivity index (χ3v) is 7.63. The summed E-state index contributed by atoms with van der Waals surface area (Å²) in [6, 6.07) is 5.62. The summed E-state index contributed by atoms with van der Waals surface area (Å²) in [5.41, 5.74) is 2.92. The molecular formula is C25H24Cl2N8O2. The third-order valence-electron chi connectivity index (χ3n) is 7.03. The maximum absolute atomic E-state index is 11.6. The minimum atomic E-state index is -0.379. The Labute approximate surface area is 222 Å². The molecule has 1 atom stereocenters. The first-order valence-electron chi connectivity index (χ1n) is 12.0. The number of benzene rings is 1. The third kappa shape index (κ3) is 4.51. The number of urea groups is 1. The van der Waals surface area contributed by atoms with E-state index in [0.717, 1.165) is 48.1 Å². The Morgan fingerprint density at radius 2 is 1.81 bits per heavy atom. The number of carbonyl (C=O) groups is 1. The van der Waals surface area contributed by atoms with Gasteiger partial charge in [0.1, 0.15) is 17.5 Å². The van der Waals surface area contributed by atoms with Crippen LogP contribution in [0.1, 0.15) is 31.4 Å². The fourth-order valence-corrected chi connectivity index (χ4v) is 5.65. The van der Waals surface area contributed by atoms with Gasteiger partial charge >= 0.3 is 6.03 Å². The first kappa shape index (κ1) is 23.7. The molecule has 1 spiro atoms. The quantitative estimate of drug-likeness (QED) is 0.341. The van der Waals surface area contributed by atoms with E-state index in [-0.39, 0.29) is 17.7 Å². The molecule has 0 saturated carbocycles. The summed E-state index contributed by atoms with van der Waals surface area (Å²) in [6.45, 7) is 4.10. The van der Waals surface area contributed by atoms with Gasteiger partial charge in [0.15, 0.2) is 0 Å². The highest BCUT2D eigenvalue weighted by Gasteiger charge is 2.40. The molecule has 0 bridgehead atoms. The molecule has 0 aliphatic carbocycles. The molecule has 37 heavy (non-hydrogen) atoms. The number of hydrogen-bond donors (Lipinski definition) is 3. The minimum absolute atomic E-state index is 0.0896. The highest BCUT2D eigenvalue weighted by atomic mass is 35.5. The highest BCUT2D eigenvalue weighted by molar-refractivity contribution is 6.35. The monoisotopic (exact) mass is 538 g/mol. The van der Waals surface area contributed by atoms with Crippen molar-refractivity contribution < 1.29 is 9.53 Å². The fraction of sp³-hybridized carbons (Fsp3) is 0.320. The molecule has 5 heterocycles. The Morgan fingerprint density at radius 3 is 2.49 bits per heavy atom. The SMILES string of the molecule is C[C@@H](Oc1ccc2[nH]nc(-c3cnc(N4CCC5(CC4)CNC(=O)N5)nc3)c2c1)c1c(Cl)cncc1Cl. The van der Waals surface area contributed by atoms with Gasteiger partial charge in [-0.3, -0.25) is 10.1 Å². The molecule has 2 aliphatic heterocycles. The molecule has 10 nitrogen and oxygen atoms in total. The van der Waals surface area contributed by atoms with Crippen molar-refractivity contribution in [1.29, 1.82) is 0 Å². The van der Waals surface area contributed by atoms with Gasteiger partial charge in [-0.2, -0.15) is 5.10 Å². The molecule has 1 aromatic carbocycles. The molecule has 6 rings (SSSR count). The number of halogens is 2. The van der Waals surface area contributed by atoms with E-state index < -0.39 is 0 Å². The van der Waals surface area contributed by atoms with E-state index in [1.165, 1.54) is 0 Å². The van der Waals surface area contributed by atoms with Gasteiger partial charge in [0, 0.05) is 60.9 Å². The van der Waals surface area contributed by atoms with E-state index in [9.17, 15) is 4.79 Å². The molecule has 12 heteroatoms. The topological polar surface area (TPSA) is 121 Å². The number of aromatic amines is 1. The summed E-state index contributed by atoms with van der Waals surface area (Å²) in [7, 11) is 0. The number of nitrogens with one attached hydrogen (secondary N) is 3. The van der Waals surface area contributed by atoms with Gasteiger partial charge in [-0.1, -0.05) is 23.2 Å². The van der Waals surface area contributed by atoms with Crippen LogP contribution < -0.4 is 20.3 Å². The molecule has 0 unspecified atom stereocenters. The Morgan fingerprint density at radius 1 is 1.08 bits per heavy atom. The molecular weight excluding hydrogens is 515 g/mol. The number of aromatic nitrogens is 5. The second-order valence-electron chi connectivity index (χ2n) is 9.40. The smallest absolute Gasteiger partial charge is 0.315 e. The van der Waals surface area contributed by atoms with Crippen molar-refractivity contribution in [2.75, 3.05) is 24.5 Å². The summed E-state index contributed by atoms with van der Waals surface area (Å²) < 4.78 is 6.17. The van der Waals surface area contributed by atoms with Crippen LogP contribution >= 0.6 is 23.2 Å². The number of hydrogen-bond acceptors (Lipinski definition) is 7. The lowest BCUT2D eigenvalue weighted by molar-refractivity contribution is 0.227. The number of ether oxygens (including phenoxy) is 1. The van der Waals surface area contributed by atoms with Gasteiger partial charge < -0.3 is 20.3 Å². The first-order valence-corrected chi connectivity index (χ1v) is 12.7. The zero-order valence-electron chi connectivity index (χ0n) is 20.0. The maximum atomic E-state index is 11.6. The largest absolute Gasteiger partial charge is 0.486 e. The van der Waals surface area contributed by atoms with Crippen LogP contribution in [0.4, 0.5) is 10.7 Å². The first-order chi connectivity index (χ1) is 17.9. The van der Waals surface area contributed by atoms with E-state index >= 15 is 0 Å². The molecule has 0 radical (unpaired) electrons. The van der Waals surface area contributed by atoms with Crippen molar-refractivity contribution in [1.82, 2.24) is 35.8 Å². The summed E-state index contributed by atoms with van der Waals surface area (Å²) in [4.78, 5) is 27.0. The highest BCUT2D eigenvalue weighted by Crippen LogP contribution is 2.35. The molecule has 2 saturated heterocycles. The number of piperidine rings is 1. The van der Waals surface area contributed by atoms with Crippen LogP contribution in [0.25, 0.3) is 22.2 Å². The normalized spacial score (nSPS) is 17.6. The number of carbonyl (C=O) groups excluding carboxylic acids is 1. The standard InChI is InChI=1S/C25H24Cl2N8O2/c1-14(21-18(26)11-28-12-19(21)27)37-16-2-3-20-17(8-16)22(34-33-20)15-9-29-23(30-10-15)35-6-4-25(5-7-35)13-31-24(36)32-25/h2-3,8-12,14H,4-7,13H2,1H3,(H,33,34)(H2,31,32,36)/t14-/m1/s1. The van der Waals surface area contributed by atoms with Crippen molar-refractivity contribution in [3.8, 4) is 17.0 Å². The molecule has 3 aromatic heterocycles. The number of nitrogens with zero attached hydrogens (tertiary/aromatic N) is 5. The molecule has 190 valence electrons. The van der Waals surface area contributed by atoms with Crippen LogP contribution in [-0.4, -0.2) is 56.4 Å². The summed E-state index contributed by atoms with van der Waals surface area (Å²) >= 11 is 12.6. The maximum Gasteiger partial charge on any atom is 0.315 e. The minimum Gasteiger partial charge on any atom is -0.486 e. The van der Waals surface area contributed by atoms with Crippen LogP contribution in [0.3, 0.4) is 0 Å². The van der Waals surface area contributed by atoms with E-state index in [4.69, 9.17) is 27.9 Å². The van der Waals surface area contributed by atoms with Gasteiger partial charge in [-0.05, 0) is 38.0 Å². The van der Waals surface area contributed by atoms with Gasteiger partial charge in [0.2, 0.25) is 5.95 Å². The van der Waals surface area contributed by atoms with E-state index in [0.29, 0.717) is 33.9 Å². The average Bonchev–Trinajstić information content (AvgIpc) is 3.47. The Balaban J connectivity index is 1.19. The number of fused-ring (bicyclic) bond motifs is 1. The zero-order valence-corrected chi connectivity index (χ0v) is 21.5. The number of H-pyrrole nitrogens is 1. The lowest BCUT2D eigenvalue weighted by Gasteiger charge is -2.38. The number of amides is 2. The van der Waals surface area contributed by atoms with E-state index in [2.05, 4.69) is 40.7 Å². The van der Waals surface area contributed by atoms with Gasteiger partial charge in [0.05, 0.1) is 21.1 Å². The van der Waals surface area contributed by atoms with E-state index in [1.54, 1.807) is 24.8 Å². The number of pyridine rings is 1. The second kappa shape index (κ2) is 9.35. The number of anilines is 1. The van der Waals surface area contributed by atoms with Crippen LogP contribution in [0, 0.1) is 0 Å². The van der Waals surface area contributed by atoms with Crippen molar-refractivity contribution in [3.05, 3.63) is 58.6 Å². The van der Waals surface area contributed by atoms with Crippen LogP contribution in [0.5, 0.6) is 5.75 Å². The lowest BCUT2D eigenvalue weighted by atomic mass is 9.89. The molecule has 4 aromatic rings. The van der Waals surface area contributed by atoms with Crippen molar-refractivity contribution >= 4 is 46.1 Å². The fourth-order valence-electron chi connectivity index (χ4n) is 4.98. The van der Waals surface area contributed by atoms with Crippen LogP contribution in [-0.2, 0) is 0 Å². The Hall–Kier alpha value is -3.63. The summed E-state index contributed by atoms with van der Waals surface area (Å²) in [6.07, 6.45) is 7.98. The zero-order chi connectivity index (χ0) is 25.6. The van der Waals surface area contributed by atoms with Crippen molar-refractivity contribution in [3.63, 3.8) is 0 Å². The van der Waals surface area contributed by atoms with Gasteiger partial charge in [0.25, 0.3) is 0 Å².